The number of likely N-dealkylation sites (N-methyl/N-ethyl adjacent to an activating group) is 1. The van der Waals surface area contributed by atoms with E-state index in [1.54, 1.807) is 36.2 Å². The Hall–Kier alpha value is -2.52. The Morgan fingerprint density at radius 3 is 2.70 bits per heavy atom. The zero-order chi connectivity index (χ0) is 21.7. The summed E-state index contributed by atoms with van der Waals surface area (Å²) in [5, 5.41) is 16.7. The lowest BCUT2D eigenvalue weighted by Gasteiger charge is -2.35. The van der Waals surface area contributed by atoms with Gasteiger partial charge in [-0.2, -0.15) is 0 Å². The van der Waals surface area contributed by atoms with Gasteiger partial charge in [0.1, 0.15) is 24.6 Å². The number of urea groups is 1. The summed E-state index contributed by atoms with van der Waals surface area (Å²) < 4.78 is 5.62. The fourth-order valence-electron chi connectivity index (χ4n) is 3.47. The molecule has 2 heterocycles. The SMILES string of the molecule is CCCCCN=C1NC2C(C(=O)NC(=O)N2C)N1CC(O)COc1ccc(Cl)cc1. The molecule has 1 aromatic rings. The van der Waals surface area contributed by atoms with E-state index in [0.29, 0.717) is 23.3 Å². The number of aliphatic hydroxyl groups is 1. The summed E-state index contributed by atoms with van der Waals surface area (Å²) in [6, 6.07) is 5.71. The standard InChI is InChI=1S/C20H28ClN5O4/c1-3-4-5-10-22-19-23-17-16(18(28)24-20(29)25(17)2)26(19)11-14(27)12-30-15-8-6-13(21)7-9-15/h6-9,14,16-17,27H,3-5,10-12H2,1-2H3,(H,22,23)(H,24,28,29). The van der Waals surface area contributed by atoms with Crippen molar-refractivity contribution in [3.05, 3.63) is 29.3 Å². The Kier molecular flexibility index (Phi) is 7.38. The quantitative estimate of drug-likeness (QED) is 0.504. The van der Waals surface area contributed by atoms with Crippen molar-refractivity contribution in [1.29, 1.82) is 0 Å². The molecule has 0 radical (unpaired) electrons. The molecule has 9 nitrogen and oxygen atoms in total. The first kappa shape index (κ1) is 22.2. The topological polar surface area (TPSA) is 106 Å². The molecule has 2 saturated heterocycles. The molecule has 0 aromatic heterocycles. The number of aliphatic hydroxyl groups excluding tert-OH is 1. The van der Waals surface area contributed by atoms with Gasteiger partial charge in [-0.25, -0.2) is 4.79 Å². The number of aliphatic imine (C=N–C) groups is 1. The van der Waals surface area contributed by atoms with E-state index in [9.17, 15) is 14.7 Å². The third kappa shape index (κ3) is 5.14. The van der Waals surface area contributed by atoms with Gasteiger partial charge >= 0.3 is 6.03 Å². The highest BCUT2D eigenvalue weighted by molar-refractivity contribution is 6.30. The van der Waals surface area contributed by atoms with Gasteiger partial charge in [0.05, 0.1) is 6.54 Å². The Bertz CT molecular complexity index is 788. The first-order valence-electron chi connectivity index (χ1n) is 10.1. The third-order valence-corrected chi connectivity index (χ3v) is 5.36. The van der Waals surface area contributed by atoms with Crippen molar-refractivity contribution in [2.24, 2.45) is 4.99 Å². The van der Waals surface area contributed by atoms with Crippen LogP contribution in [0.5, 0.6) is 5.75 Å². The molecule has 0 spiro atoms. The van der Waals surface area contributed by atoms with Crippen LogP contribution >= 0.6 is 11.6 Å². The number of guanidine groups is 1. The lowest BCUT2D eigenvalue weighted by atomic mass is 10.1. The summed E-state index contributed by atoms with van der Waals surface area (Å²) in [6.45, 7) is 2.88. The predicted octanol–water partition coefficient (Wildman–Crippen LogP) is 1.41. The maximum atomic E-state index is 12.5. The van der Waals surface area contributed by atoms with Gasteiger partial charge in [-0.05, 0) is 30.7 Å². The number of benzene rings is 1. The number of rotatable bonds is 9. The maximum Gasteiger partial charge on any atom is 0.325 e. The molecule has 3 amide bonds. The number of hydrogen-bond acceptors (Lipinski definition) is 5. The van der Waals surface area contributed by atoms with E-state index in [1.165, 1.54) is 4.90 Å². The summed E-state index contributed by atoms with van der Waals surface area (Å²) in [7, 11) is 1.62. The fourth-order valence-corrected chi connectivity index (χ4v) is 3.60. The molecule has 2 aliphatic heterocycles. The van der Waals surface area contributed by atoms with Gasteiger partial charge in [-0.15, -0.1) is 0 Å². The predicted molar refractivity (Wildman–Crippen MR) is 114 cm³/mol. The van der Waals surface area contributed by atoms with E-state index in [2.05, 4.69) is 22.5 Å². The number of unbranched alkanes of at least 4 members (excludes halogenated alkanes) is 2. The first-order valence-corrected chi connectivity index (χ1v) is 10.5. The van der Waals surface area contributed by atoms with Crippen LogP contribution < -0.4 is 15.4 Å². The number of amides is 3. The van der Waals surface area contributed by atoms with Crippen LogP contribution in [-0.2, 0) is 4.79 Å². The van der Waals surface area contributed by atoms with Gasteiger partial charge in [0.25, 0.3) is 5.91 Å². The number of halogens is 1. The van der Waals surface area contributed by atoms with Crippen molar-refractivity contribution in [2.75, 3.05) is 26.7 Å². The molecule has 3 atom stereocenters. The number of ether oxygens (including phenoxy) is 1. The number of nitrogens with one attached hydrogen (secondary N) is 2. The average Bonchev–Trinajstić information content (AvgIpc) is 3.08. The fraction of sp³-hybridized carbons (Fsp3) is 0.550. The van der Waals surface area contributed by atoms with E-state index in [4.69, 9.17) is 16.3 Å². The van der Waals surface area contributed by atoms with E-state index >= 15 is 0 Å². The highest BCUT2D eigenvalue weighted by Crippen LogP contribution is 2.21. The molecular weight excluding hydrogens is 410 g/mol. The molecule has 3 rings (SSSR count). The molecule has 3 N–H and O–H groups in total. The van der Waals surface area contributed by atoms with Crippen molar-refractivity contribution in [3.8, 4) is 5.75 Å². The van der Waals surface area contributed by atoms with Gasteiger partial charge in [0.2, 0.25) is 0 Å². The Morgan fingerprint density at radius 2 is 2.00 bits per heavy atom. The molecule has 0 aliphatic carbocycles. The maximum absolute atomic E-state index is 12.5. The molecule has 2 fully saturated rings. The summed E-state index contributed by atoms with van der Waals surface area (Å²) in [5.74, 6) is 0.675. The Balaban J connectivity index is 1.69. The smallest absolute Gasteiger partial charge is 0.325 e. The summed E-state index contributed by atoms with van der Waals surface area (Å²) in [5.41, 5.74) is 0. The van der Waals surface area contributed by atoms with Crippen molar-refractivity contribution in [1.82, 2.24) is 20.4 Å². The van der Waals surface area contributed by atoms with E-state index in [1.807, 2.05) is 0 Å². The van der Waals surface area contributed by atoms with Gasteiger partial charge in [0.15, 0.2) is 12.0 Å². The van der Waals surface area contributed by atoms with Crippen LogP contribution in [0.25, 0.3) is 0 Å². The normalized spacial score (nSPS) is 23.3. The van der Waals surface area contributed by atoms with Gasteiger partial charge in [0, 0.05) is 18.6 Å². The van der Waals surface area contributed by atoms with E-state index < -0.39 is 30.2 Å². The summed E-state index contributed by atoms with van der Waals surface area (Å²) >= 11 is 5.87. The average molecular weight is 438 g/mol. The highest BCUT2D eigenvalue weighted by Gasteiger charge is 2.50. The minimum Gasteiger partial charge on any atom is -0.491 e. The van der Waals surface area contributed by atoms with Crippen LogP contribution in [-0.4, -0.2) is 77.9 Å². The lowest BCUT2D eigenvalue weighted by Crippen LogP contribution is -2.65. The van der Waals surface area contributed by atoms with Crippen LogP contribution in [0, 0.1) is 0 Å². The highest BCUT2D eigenvalue weighted by atomic mass is 35.5. The zero-order valence-corrected chi connectivity index (χ0v) is 17.9. The number of imide groups is 1. The van der Waals surface area contributed by atoms with Crippen LogP contribution in [0.3, 0.4) is 0 Å². The van der Waals surface area contributed by atoms with Crippen molar-refractivity contribution < 1.29 is 19.4 Å². The van der Waals surface area contributed by atoms with Crippen molar-refractivity contribution in [3.63, 3.8) is 0 Å². The molecule has 1 aromatic carbocycles. The van der Waals surface area contributed by atoms with Crippen LogP contribution in [0.1, 0.15) is 26.2 Å². The monoisotopic (exact) mass is 437 g/mol. The van der Waals surface area contributed by atoms with Crippen LogP contribution in [0.15, 0.2) is 29.3 Å². The minimum absolute atomic E-state index is 0.0367. The molecule has 164 valence electrons. The van der Waals surface area contributed by atoms with Gasteiger partial charge in [-0.3, -0.25) is 15.1 Å². The molecule has 0 bridgehead atoms. The lowest BCUT2D eigenvalue weighted by molar-refractivity contribution is -0.127. The summed E-state index contributed by atoms with van der Waals surface area (Å²) in [4.78, 5) is 32.3. The molecule has 30 heavy (non-hydrogen) atoms. The first-order chi connectivity index (χ1) is 14.4. The second kappa shape index (κ2) is 9.99. The Labute approximate surface area is 181 Å². The van der Waals surface area contributed by atoms with Crippen LogP contribution in [0.4, 0.5) is 4.79 Å². The zero-order valence-electron chi connectivity index (χ0n) is 17.2. The molecular formula is C20H28ClN5O4. The Morgan fingerprint density at radius 1 is 1.27 bits per heavy atom. The largest absolute Gasteiger partial charge is 0.491 e. The van der Waals surface area contributed by atoms with Gasteiger partial charge < -0.3 is 25.0 Å². The van der Waals surface area contributed by atoms with Crippen molar-refractivity contribution >= 4 is 29.5 Å². The molecule has 0 saturated carbocycles. The number of fused-ring (bicyclic) bond motifs is 1. The van der Waals surface area contributed by atoms with Gasteiger partial charge in [-0.1, -0.05) is 31.4 Å². The minimum atomic E-state index is -0.877. The van der Waals surface area contributed by atoms with E-state index in [0.717, 1.165) is 19.3 Å². The number of nitrogens with zero attached hydrogens (tertiary/aromatic N) is 3. The number of β-amino-alcohol motifs (C(OH)–C–C–N with tert-alkyl or cyclic N) is 1. The second-order valence-corrected chi connectivity index (χ2v) is 7.86. The van der Waals surface area contributed by atoms with E-state index in [-0.39, 0.29) is 13.2 Å². The number of carbonyl (C=O) groups excluding carboxylic acids is 2. The van der Waals surface area contributed by atoms with Crippen LogP contribution in [0.2, 0.25) is 5.02 Å². The van der Waals surface area contributed by atoms with Crippen molar-refractivity contribution in [2.45, 2.75) is 44.5 Å². The summed E-state index contributed by atoms with van der Waals surface area (Å²) in [6.07, 6.45) is 1.64. The molecule has 10 heteroatoms. The number of hydrogen-bond donors (Lipinski definition) is 3. The molecule has 2 aliphatic rings. The molecule has 3 unspecified atom stereocenters. The second-order valence-electron chi connectivity index (χ2n) is 7.42. The third-order valence-electron chi connectivity index (χ3n) is 5.11. The number of carbonyl (C=O) groups is 2.